The van der Waals surface area contributed by atoms with Crippen LogP contribution in [-0.4, -0.2) is 21.8 Å². The molecular weight excluding hydrogens is 266 g/mol. The molecule has 0 radical (unpaired) electrons. The molecule has 0 spiro atoms. The van der Waals surface area contributed by atoms with Crippen LogP contribution in [0.15, 0.2) is 5.03 Å². The molecule has 0 saturated heterocycles. The molecule has 0 amide bonds. The van der Waals surface area contributed by atoms with Gasteiger partial charge in [0.05, 0.1) is 0 Å². The molecule has 0 unspecified atom stereocenters. The maximum absolute atomic E-state index is 4.82. The van der Waals surface area contributed by atoms with Crippen molar-refractivity contribution in [2.45, 2.75) is 76.0 Å². The van der Waals surface area contributed by atoms with Crippen LogP contribution >= 0.6 is 11.8 Å². The van der Waals surface area contributed by atoms with E-state index in [0.29, 0.717) is 5.92 Å². The maximum atomic E-state index is 4.82. The monoisotopic (exact) mass is 293 g/mol. The Morgan fingerprint density at radius 1 is 1.20 bits per heavy atom. The Hall–Kier alpha value is -0.770. The fourth-order valence-corrected chi connectivity index (χ4v) is 3.87. The molecule has 0 bridgehead atoms. The molecule has 1 saturated carbocycles. The van der Waals surface area contributed by atoms with Crippen LogP contribution in [0.25, 0.3) is 0 Å². The van der Waals surface area contributed by atoms with E-state index in [2.05, 4.69) is 38.0 Å². The molecule has 1 aromatic rings. The van der Waals surface area contributed by atoms with Gasteiger partial charge in [0.1, 0.15) is 16.7 Å². The quantitative estimate of drug-likeness (QED) is 0.794. The van der Waals surface area contributed by atoms with Crippen molar-refractivity contribution in [3.63, 3.8) is 0 Å². The third kappa shape index (κ3) is 3.87. The van der Waals surface area contributed by atoms with Crippen molar-refractivity contribution >= 4 is 17.6 Å². The van der Waals surface area contributed by atoms with E-state index in [0.717, 1.165) is 23.4 Å². The Kier molecular flexibility index (Phi) is 5.70. The second-order valence-corrected chi connectivity index (χ2v) is 7.21. The number of thioether (sulfide) groups is 1. The SMILES string of the molecule is CCNc1nc(C(C)C)nc(SC2CCCCC2)c1C. The third-order valence-electron chi connectivity index (χ3n) is 3.81. The van der Waals surface area contributed by atoms with Crippen LogP contribution in [0.5, 0.6) is 0 Å². The second-order valence-electron chi connectivity index (χ2n) is 5.92. The second kappa shape index (κ2) is 7.30. The van der Waals surface area contributed by atoms with Crippen molar-refractivity contribution < 1.29 is 0 Å². The molecule has 1 aromatic heterocycles. The number of nitrogens with one attached hydrogen (secondary N) is 1. The summed E-state index contributed by atoms with van der Waals surface area (Å²) >= 11 is 1.97. The van der Waals surface area contributed by atoms with Crippen LogP contribution in [0.3, 0.4) is 0 Å². The molecule has 2 rings (SSSR count). The van der Waals surface area contributed by atoms with Crippen molar-refractivity contribution in [1.82, 2.24) is 9.97 Å². The number of nitrogens with zero attached hydrogens (tertiary/aromatic N) is 2. The number of hydrogen-bond acceptors (Lipinski definition) is 4. The topological polar surface area (TPSA) is 37.8 Å². The summed E-state index contributed by atoms with van der Waals surface area (Å²) in [5, 5.41) is 5.31. The highest BCUT2D eigenvalue weighted by Crippen LogP contribution is 2.36. The molecule has 112 valence electrons. The van der Waals surface area contributed by atoms with Crippen LogP contribution in [0.2, 0.25) is 0 Å². The fourth-order valence-electron chi connectivity index (χ4n) is 2.57. The Morgan fingerprint density at radius 3 is 2.50 bits per heavy atom. The molecule has 20 heavy (non-hydrogen) atoms. The van der Waals surface area contributed by atoms with E-state index in [9.17, 15) is 0 Å². The van der Waals surface area contributed by atoms with E-state index in [-0.39, 0.29) is 0 Å². The van der Waals surface area contributed by atoms with E-state index in [1.807, 2.05) is 11.8 Å². The standard InChI is InChI=1S/C16H27N3S/c1-5-17-15-12(4)16(19-14(18-15)11(2)3)20-13-9-7-6-8-10-13/h11,13H,5-10H2,1-4H3,(H,17,18,19). The van der Waals surface area contributed by atoms with Gasteiger partial charge in [-0.2, -0.15) is 0 Å². The van der Waals surface area contributed by atoms with Gasteiger partial charge >= 0.3 is 0 Å². The molecule has 0 atom stereocenters. The lowest BCUT2D eigenvalue weighted by atomic mass is 10.0. The molecular formula is C16H27N3S. The van der Waals surface area contributed by atoms with E-state index >= 15 is 0 Å². The normalized spacial score (nSPS) is 16.6. The first-order valence-electron chi connectivity index (χ1n) is 7.90. The van der Waals surface area contributed by atoms with E-state index < -0.39 is 0 Å². The zero-order valence-corrected chi connectivity index (χ0v) is 14.0. The van der Waals surface area contributed by atoms with Crippen LogP contribution in [0.4, 0.5) is 5.82 Å². The zero-order valence-electron chi connectivity index (χ0n) is 13.2. The van der Waals surface area contributed by atoms with Crippen molar-refractivity contribution in [3.05, 3.63) is 11.4 Å². The minimum absolute atomic E-state index is 0.374. The fraction of sp³-hybridized carbons (Fsp3) is 0.750. The summed E-state index contributed by atoms with van der Waals surface area (Å²) < 4.78 is 0. The number of anilines is 1. The lowest BCUT2D eigenvalue weighted by Crippen LogP contribution is -2.12. The summed E-state index contributed by atoms with van der Waals surface area (Å²) in [7, 11) is 0. The summed E-state index contributed by atoms with van der Waals surface area (Å²) in [6, 6.07) is 0. The van der Waals surface area contributed by atoms with Crippen LogP contribution < -0.4 is 5.32 Å². The molecule has 1 aliphatic rings. The Bertz CT molecular complexity index is 440. The summed E-state index contributed by atoms with van der Waals surface area (Å²) in [5.41, 5.74) is 1.21. The Labute approximate surface area is 127 Å². The number of hydrogen-bond donors (Lipinski definition) is 1. The smallest absolute Gasteiger partial charge is 0.134 e. The summed E-state index contributed by atoms with van der Waals surface area (Å²) in [5.74, 6) is 2.35. The summed E-state index contributed by atoms with van der Waals surface area (Å²) in [4.78, 5) is 9.50. The lowest BCUT2D eigenvalue weighted by Gasteiger charge is -2.22. The number of rotatable bonds is 5. The molecule has 0 aliphatic heterocycles. The van der Waals surface area contributed by atoms with Gasteiger partial charge in [-0.1, -0.05) is 33.1 Å². The first-order chi connectivity index (χ1) is 9.61. The Balaban J connectivity index is 2.24. The molecule has 1 heterocycles. The first kappa shape index (κ1) is 15.6. The summed E-state index contributed by atoms with van der Waals surface area (Å²) in [6.07, 6.45) is 6.82. The molecule has 4 heteroatoms. The van der Waals surface area contributed by atoms with E-state index in [1.54, 1.807) is 0 Å². The highest BCUT2D eigenvalue weighted by molar-refractivity contribution is 7.99. The van der Waals surface area contributed by atoms with Crippen molar-refractivity contribution in [1.29, 1.82) is 0 Å². The van der Waals surface area contributed by atoms with Crippen LogP contribution in [0.1, 0.15) is 70.2 Å². The van der Waals surface area contributed by atoms with E-state index in [1.165, 1.54) is 42.7 Å². The van der Waals surface area contributed by atoms with Gasteiger partial charge in [-0.15, -0.1) is 11.8 Å². The highest BCUT2D eigenvalue weighted by atomic mass is 32.2. The molecule has 1 fully saturated rings. The minimum atomic E-state index is 0.374. The molecule has 3 nitrogen and oxygen atoms in total. The van der Waals surface area contributed by atoms with Gasteiger partial charge in [-0.05, 0) is 26.7 Å². The van der Waals surface area contributed by atoms with Gasteiger partial charge in [0.2, 0.25) is 0 Å². The van der Waals surface area contributed by atoms with Crippen LogP contribution in [0, 0.1) is 6.92 Å². The molecule has 1 aliphatic carbocycles. The molecule has 1 N–H and O–H groups in total. The van der Waals surface area contributed by atoms with Crippen molar-refractivity contribution in [2.75, 3.05) is 11.9 Å². The number of aromatic nitrogens is 2. The largest absolute Gasteiger partial charge is 0.370 e. The van der Waals surface area contributed by atoms with Crippen molar-refractivity contribution in [2.24, 2.45) is 0 Å². The summed E-state index contributed by atoms with van der Waals surface area (Å²) in [6.45, 7) is 9.49. The van der Waals surface area contributed by atoms with Crippen LogP contribution in [-0.2, 0) is 0 Å². The predicted molar refractivity (Wildman–Crippen MR) is 87.8 cm³/mol. The zero-order chi connectivity index (χ0) is 14.5. The van der Waals surface area contributed by atoms with Gasteiger partial charge in [0, 0.05) is 23.3 Å². The van der Waals surface area contributed by atoms with Gasteiger partial charge in [-0.3, -0.25) is 0 Å². The highest BCUT2D eigenvalue weighted by Gasteiger charge is 2.19. The van der Waals surface area contributed by atoms with Crippen molar-refractivity contribution in [3.8, 4) is 0 Å². The third-order valence-corrected chi connectivity index (χ3v) is 5.24. The van der Waals surface area contributed by atoms with E-state index in [4.69, 9.17) is 4.98 Å². The average molecular weight is 293 g/mol. The average Bonchev–Trinajstić information content (AvgIpc) is 2.44. The van der Waals surface area contributed by atoms with Gasteiger partial charge in [-0.25, -0.2) is 9.97 Å². The Morgan fingerprint density at radius 2 is 1.90 bits per heavy atom. The van der Waals surface area contributed by atoms with Gasteiger partial charge < -0.3 is 5.32 Å². The lowest BCUT2D eigenvalue weighted by molar-refractivity contribution is 0.515. The van der Waals surface area contributed by atoms with Gasteiger partial charge in [0.15, 0.2) is 0 Å². The minimum Gasteiger partial charge on any atom is -0.370 e. The van der Waals surface area contributed by atoms with Gasteiger partial charge in [0.25, 0.3) is 0 Å². The maximum Gasteiger partial charge on any atom is 0.134 e. The predicted octanol–water partition coefficient (Wildman–Crippen LogP) is 4.77. The first-order valence-corrected chi connectivity index (χ1v) is 8.78. The molecule has 0 aromatic carbocycles.